The molecule has 0 radical (unpaired) electrons. The molecule has 2 aromatic rings. The van der Waals surface area contributed by atoms with Gasteiger partial charge < -0.3 is 24.8 Å². The van der Waals surface area contributed by atoms with E-state index in [1.807, 2.05) is 24.3 Å². The smallest absolute Gasteiger partial charge is 0.407 e. The van der Waals surface area contributed by atoms with Gasteiger partial charge in [0.1, 0.15) is 6.61 Å². The molecule has 8 heteroatoms. The zero-order valence-electron chi connectivity index (χ0n) is 19.4. The van der Waals surface area contributed by atoms with E-state index in [2.05, 4.69) is 29.6 Å². The van der Waals surface area contributed by atoms with Crippen molar-refractivity contribution < 1.29 is 29.0 Å². The number of aliphatic carboxylic acids is 1. The van der Waals surface area contributed by atoms with Crippen LogP contribution in [0.15, 0.2) is 48.5 Å². The predicted molar refractivity (Wildman–Crippen MR) is 126 cm³/mol. The Hall–Kier alpha value is -3.39. The quantitative estimate of drug-likeness (QED) is 0.664. The maximum absolute atomic E-state index is 13.0. The summed E-state index contributed by atoms with van der Waals surface area (Å²) in [4.78, 5) is 39.1. The number of amides is 2. The van der Waals surface area contributed by atoms with Crippen molar-refractivity contribution in [2.45, 2.75) is 42.7 Å². The molecule has 2 N–H and O–H groups in total. The van der Waals surface area contributed by atoms with Crippen LogP contribution < -0.4 is 5.32 Å². The van der Waals surface area contributed by atoms with Crippen molar-refractivity contribution in [1.82, 2.24) is 10.2 Å². The summed E-state index contributed by atoms with van der Waals surface area (Å²) in [5.41, 5.74) is 2.72. The van der Waals surface area contributed by atoms with Crippen molar-refractivity contribution in [1.29, 1.82) is 0 Å². The Bertz CT molecular complexity index is 1160. The number of benzene rings is 2. The first-order valence-corrected chi connectivity index (χ1v) is 12.2. The number of nitrogens with one attached hydrogen (secondary N) is 1. The van der Waals surface area contributed by atoms with E-state index >= 15 is 0 Å². The second kappa shape index (κ2) is 8.09. The van der Waals surface area contributed by atoms with Crippen molar-refractivity contribution in [3.63, 3.8) is 0 Å². The van der Waals surface area contributed by atoms with Crippen LogP contribution in [0.5, 0.6) is 0 Å². The summed E-state index contributed by atoms with van der Waals surface area (Å²) >= 11 is 0. The third-order valence-corrected chi connectivity index (χ3v) is 8.12. The summed E-state index contributed by atoms with van der Waals surface area (Å²) in [5, 5.41) is 12.6. The van der Waals surface area contributed by atoms with Crippen LogP contribution in [-0.4, -0.2) is 65.4 Å². The van der Waals surface area contributed by atoms with Crippen LogP contribution in [0.3, 0.4) is 0 Å². The Balaban J connectivity index is 1.07. The largest absolute Gasteiger partial charge is 0.479 e. The zero-order valence-corrected chi connectivity index (χ0v) is 19.4. The predicted octanol–water partition coefficient (Wildman–Crippen LogP) is 3.15. The summed E-state index contributed by atoms with van der Waals surface area (Å²) in [5.74, 6) is -1.37. The second-order valence-electron chi connectivity index (χ2n) is 10.2. The standard InChI is InChI=1S/C27H28N2O6/c30-23(29-14-17-9-12-35-27(17,16-29)24(31)32)13-26(10-11-26)28-25(33)34-15-22-20-7-3-1-5-18(20)19-6-2-4-8-21(19)22/h1-8,17,22H,9-16H2,(H,28,33)(H,31,32). The Labute approximate surface area is 203 Å². The lowest BCUT2D eigenvalue weighted by Gasteiger charge is -2.24. The van der Waals surface area contributed by atoms with Crippen LogP contribution >= 0.6 is 0 Å². The van der Waals surface area contributed by atoms with Gasteiger partial charge in [0.25, 0.3) is 0 Å². The first-order chi connectivity index (χ1) is 16.9. The summed E-state index contributed by atoms with van der Waals surface area (Å²) in [6, 6.07) is 16.3. The molecule has 0 aromatic heterocycles. The van der Waals surface area contributed by atoms with Gasteiger partial charge in [-0.05, 0) is 41.5 Å². The van der Waals surface area contributed by atoms with Gasteiger partial charge >= 0.3 is 12.1 Å². The van der Waals surface area contributed by atoms with Crippen molar-refractivity contribution in [3.8, 4) is 11.1 Å². The van der Waals surface area contributed by atoms with Gasteiger partial charge in [-0.2, -0.15) is 0 Å². The van der Waals surface area contributed by atoms with Crippen LogP contribution in [0.2, 0.25) is 0 Å². The minimum Gasteiger partial charge on any atom is -0.479 e. The number of hydrogen-bond donors (Lipinski definition) is 2. The van der Waals surface area contributed by atoms with E-state index < -0.39 is 23.2 Å². The number of carbonyl (C=O) groups is 3. The van der Waals surface area contributed by atoms with E-state index in [1.54, 1.807) is 4.90 Å². The number of alkyl carbamates (subject to hydrolysis) is 1. The lowest BCUT2D eigenvalue weighted by Crippen LogP contribution is -2.47. The van der Waals surface area contributed by atoms with E-state index in [9.17, 15) is 19.5 Å². The molecule has 2 heterocycles. The van der Waals surface area contributed by atoms with Crippen LogP contribution in [0, 0.1) is 5.92 Å². The van der Waals surface area contributed by atoms with Gasteiger partial charge in [0.05, 0.1) is 18.5 Å². The molecule has 35 heavy (non-hydrogen) atoms. The Morgan fingerprint density at radius 2 is 1.71 bits per heavy atom. The van der Waals surface area contributed by atoms with Crippen LogP contribution in [0.4, 0.5) is 4.79 Å². The monoisotopic (exact) mass is 476 g/mol. The summed E-state index contributed by atoms with van der Waals surface area (Å²) < 4.78 is 11.2. The van der Waals surface area contributed by atoms with Gasteiger partial charge in [-0.15, -0.1) is 0 Å². The Morgan fingerprint density at radius 1 is 1.06 bits per heavy atom. The Morgan fingerprint density at radius 3 is 2.31 bits per heavy atom. The average molecular weight is 477 g/mol. The molecular weight excluding hydrogens is 448 g/mol. The van der Waals surface area contributed by atoms with Crippen LogP contribution in [0.25, 0.3) is 11.1 Å². The molecule has 182 valence electrons. The van der Waals surface area contributed by atoms with E-state index in [0.29, 0.717) is 32.4 Å². The first kappa shape index (κ1) is 22.1. The molecule has 0 bridgehead atoms. The molecule has 4 aliphatic rings. The van der Waals surface area contributed by atoms with E-state index in [4.69, 9.17) is 9.47 Å². The number of hydrogen-bond acceptors (Lipinski definition) is 5. The number of likely N-dealkylation sites (tertiary alicyclic amines) is 1. The summed E-state index contributed by atoms with van der Waals surface area (Å²) in [6.07, 6.45) is 1.64. The zero-order chi connectivity index (χ0) is 24.2. The van der Waals surface area contributed by atoms with Crippen molar-refractivity contribution >= 4 is 18.0 Å². The molecule has 2 unspecified atom stereocenters. The molecule has 6 rings (SSSR count). The molecule has 2 saturated heterocycles. The minimum atomic E-state index is -1.29. The molecule has 1 saturated carbocycles. The third kappa shape index (κ3) is 3.67. The number of carboxylic acids is 1. The average Bonchev–Trinajstić information content (AvgIpc) is 3.19. The fourth-order valence-electron chi connectivity index (χ4n) is 6.01. The van der Waals surface area contributed by atoms with Gasteiger partial charge in [0.2, 0.25) is 5.91 Å². The maximum atomic E-state index is 13.0. The van der Waals surface area contributed by atoms with Gasteiger partial charge in [0, 0.05) is 25.0 Å². The Kier molecular flexibility index (Phi) is 5.11. The van der Waals surface area contributed by atoms with E-state index in [-0.39, 0.29) is 37.3 Å². The highest BCUT2D eigenvalue weighted by Gasteiger charge is 2.58. The van der Waals surface area contributed by atoms with Crippen LogP contribution in [-0.2, 0) is 19.1 Å². The van der Waals surface area contributed by atoms with Crippen molar-refractivity contribution in [2.75, 3.05) is 26.3 Å². The van der Waals surface area contributed by atoms with Crippen LogP contribution in [0.1, 0.15) is 42.7 Å². The topological polar surface area (TPSA) is 105 Å². The van der Waals surface area contributed by atoms with Gasteiger partial charge in [-0.25, -0.2) is 9.59 Å². The minimum absolute atomic E-state index is 0.0267. The highest BCUT2D eigenvalue weighted by molar-refractivity contribution is 5.84. The summed E-state index contributed by atoms with van der Waals surface area (Å²) in [6.45, 7) is 1.07. The van der Waals surface area contributed by atoms with Crippen molar-refractivity contribution in [2.24, 2.45) is 5.92 Å². The van der Waals surface area contributed by atoms with Crippen molar-refractivity contribution in [3.05, 3.63) is 59.7 Å². The number of rotatable bonds is 6. The number of nitrogens with zero attached hydrogens (tertiary/aromatic N) is 1. The lowest BCUT2D eigenvalue weighted by atomic mass is 9.91. The SMILES string of the molecule is O=C(NC1(CC(=O)N2CC3CCOC3(C(=O)O)C2)CC1)OCC1c2ccccc2-c2ccccc21. The van der Waals surface area contributed by atoms with E-state index in [1.165, 1.54) is 11.1 Å². The molecule has 3 fully saturated rings. The lowest BCUT2D eigenvalue weighted by molar-refractivity contribution is -0.161. The third-order valence-electron chi connectivity index (χ3n) is 8.12. The highest BCUT2D eigenvalue weighted by atomic mass is 16.5. The van der Waals surface area contributed by atoms with E-state index in [0.717, 1.165) is 11.1 Å². The maximum Gasteiger partial charge on any atom is 0.407 e. The van der Waals surface area contributed by atoms with Gasteiger partial charge in [-0.1, -0.05) is 48.5 Å². The number of carboxylic acid groups (broad SMARTS) is 1. The normalized spacial score (nSPS) is 25.5. The molecule has 2 aliphatic carbocycles. The molecule has 2 aromatic carbocycles. The second-order valence-corrected chi connectivity index (χ2v) is 10.2. The molecule has 2 aliphatic heterocycles. The highest BCUT2D eigenvalue weighted by Crippen LogP contribution is 2.45. The molecule has 0 spiro atoms. The van der Waals surface area contributed by atoms with Gasteiger partial charge in [0.15, 0.2) is 5.60 Å². The number of fused-ring (bicyclic) bond motifs is 4. The number of ether oxygens (including phenoxy) is 2. The fraction of sp³-hybridized carbons (Fsp3) is 0.444. The molecular formula is C27H28N2O6. The van der Waals surface area contributed by atoms with Gasteiger partial charge in [-0.3, -0.25) is 4.79 Å². The molecule has 8 nitrogen and oxygen atoms in total. The fourth-order valence-corrected chi connectivity index (χ4v) is 6.01. The molecule has 2 amide bonds. The first-order valence-electron chi connectivity index (χ1n) is 12.2. The molecule has 2 atom stereocenters. The number of carbonyl (C=O) groups excluding carboxylic acids is 2. The summed E-state index contributed by atoms with van der Waals surface area (Å²) in [7, 11) is 0.